The van der Waals surface area contributed by atoms with Crippen molar-refractivity contribution < 1.29 is 27.4 Å². The van der Waals surface area contributed by atoms with Crippen LogP contribution in [0.5, 0.6) is 0 Å². The molecule has 12 heterocycles. The highest BCUT2D eigenvalue weighted by atomic mass is 15.1. The second-order valence-electron chi connectivity index (χ2n) is 27.9. The normalized spacial score (nSPS) is 11.5. The molecule has 0 bridgehead atoms. The summed E-state index contributed by atoms with van der Waals surface area (Å²) in [6.45, 7) is 26.1. The number of fused-ring (bicyclic) bond motifs is 18. The van der Waals surface area contributed by atoms with Crippen molar-refractivity contribution in [2.75, 3.05) is 0 Å². The molecule has 0 saturated heterocycles. The molecule has 12 heteroatoms. The monoisotopic (exact) mass is 1350 g/mol. The van der Waals surface area contributed by atoms with E-state index >= 15 is 0 Å². The van der Waals surface area contributed by atoms with Crippen molar-refractivity contribution in [3.63, 3.8) is 0 Å². The van der Waals surface area contributed by atoms with Gasteiger partial charge in [0.05, 0.1) is 79.5 Å². The molecule has 18 rings (SSSR count). The minimum atomic E-state index is 1.04. The number of aromatic nitrogens is 12. The summed E-state index contributed by atoms with van der Waals surface area (Å²) < 4.78 is 27.1. The fourth-order valence-electron chi connectivity index (χ4n) is 15.9. The first-order chi connectivity index (χ1) is 49.2. The highest BCUT2D eigenvalue weighted by molar-refractivity contribution is 6.00. The zero-order valence-corrected chi connectivity index (χ0v) is 63.4. The van der Waals surface area contributed by atoms with Crippen molar-refractivity contribution in [2.24, 2.45) is 42.3 Å². The van der Waals surface area contributed by atoms with E-state index in [0.29, 0.717) is 0 Å². The maximum absolute atomic E-state index is 2.30. The number of hydrogen-bond donors (Lipinski definition) is 0. The van der Waals surface area contributed by atoms with Crippen molar-refractivity contribution in [1.29, 1.82) is 0 Å². The Balaban J connectivity index is 0.000000109. The molecule has 0 aliphatic heterocycles. The largest absolute Gasteiger partial charge is 0.261 e. The van der Waals surface area contributed by atoms with E-state index in [1.165, 1.54) is 166 Å². The third-order valence-electron chi connectivity index (χ3n) is 21.0. The van der Waals surface area contributed by atoms with Gasteiger partial charge >= 0.3 is 0 Å². The topological polar surface area (TPSA) is 49.7 Å². The molecule has 516 valence electrons. The Morgan fingerprint density at radius 3 is 0.922 bits per heavy atom. The van der Waals surface area contributed by atoms with E-state index in [1.807, 2.05) is 0 Å². The molecule has 0 radical (unpaired) electrons. The fraction of sp³-hybridized carbons (Fsp3) is 0.267. The SMILES string of the molecule is CCc1n2ccc3c(C)cccc3c2c[n+]1C.CCc1n2ccc3cc(C)ccc3c2c[n+]1C.CCc1n2ccc3cc(C)ccc3c2c[n+]1C.CCc1n2ccc3ccc(C)cc3c2c[n+]1C.CCc1n2ccc3ccc(C)cc3c2c[n+]1C.CCc1n2ccc3cccc(C)c3c2c[n+]1C. The Hall–Kier alpha value is -11.0. The number of rotatable bonds is 6. The van der Waals surface area contributed by atoms with Gasteiger partial charge in [-0.2, -0.15) is 26.4 Å². The number of imidazole rings is 6. The summed E-state index contributed by atoms with van der Waals surface area (Å²) in [4.78, 5) is 0. The van der Waals surface area contributed by atoms with Gasteiger partial charge in [-0.1, -0.05) is 143 Å². The summed E-state index contributed by atoms with van der Waals surface area (Å²) in [5.41, 5.74) is 15.7. The van der Waals surface area contributed by atoms with Gasteiger partial charge in [0.2, 0.25) is 0 Å². The van der Waals surface area contributed by atoms with Crippen LogP contribution in [-0.2, 0) is 80.8 Å². The Bertz CT molecular complexity index is 5870. The third-order valence-corrected chi connectivity index (χ3v) is 21.0. The van der Waals surface area contributed by atoms with E-state index in [4.69, 9.17) is 0 Å². The smallest absolute Gasteiger partial charge is 0.236 e. The lowest BCUT2D eigenvalue weighted by molar-refractivity contribution is -0.677. The summed E-state index contributed by atoms with van der Waals surface area (Å²) in [6, 6.07) is 52.8. The number of hydrogen-bond acceptors (Lipinski definition) is 0. The molecule has 0 fully saturated rings. The summed E-state index contributed by atoms with van der Waals surface area (Å²) in [5, 5.41) is 15.9. The van der Waals surface area contributed by atoms with Crippen molar-refractivity contribution in [3.8, 4) is 0 Å². The van der Waals surface area contributed by atoms with Crippen LogP contribution in [-0.4, -0.2) is 26.4 Å². The lowest BCUT2D eigenvalue weighted by Gasteiger charge is -2.01. The van der Waals surface area contributed by atoms with E-state index < -0.39 is 0 Å². The van der Waals surface area contributed by atoms with Crippen LogP contribution in [0.15, 0.2) is 220 Å². The molecule has 18 aromatic rings. The number of benzene rings is 6. The lowest BCUT2D eigenvalue weighted by Crippen LogP contribution is -2.30. The van der Waals surface area contributed by atoms with Gasteiger partial charge in [0.25, 0.3) is 34.9 Å². The van der Waals surface area contributed by atoms with Gasteiger partial charge in [0.1, 0.15) is 37.2 Å². The number of pyridine rings is 6. The molecule has 6 aromatic carbocycles. The van der Waals surface area contributed by atoms with Gasteiger partial charge < -0.3 is 0 Å². The van der Waals surface area contributed by atoms with E-state index in [-0.39, 0.29) is 0 Å². The predicted molar refractivity (Wildman–Crippen MR) is 421 cm³/mol. The molecular weight excluding hydrogens is 1250 g/mol. The van der Waals surface area contributed by atoms with Crippen LogP contribution in [0, 0.1) is 41.5 Å². The Kier molecular flexibility index (Phi) is 19.7. The zero-order chi connectivity index (χ0) is 71.9. The first kappa shape index (κ1) is 69.5. The van der Waals surface area contributed by atoms with Gasteiger partial charge in [-0.25, -0.2) is 27.4 Å². The van der Waals surface area contributed by atoms with Gasteiger partial charge in [-0.05, 0) is 152 Å². The molecule has 0 aliphatic rings. The fourth-order valence-corrected chi connectivity index (χ4v) is 15.9. The first-order valence-electron chi connectivity index (χ1n) is 36.6. The van der Waals surface area contributed by atoms with Crippen LogP contribution in [0.2, 0.25) is 0 Å². The molecule has 0 atom stereocenters. The number of nitrogens with zero attached hydrogens (tertiary/aromatic N) is 12. The molecule has 0 amide bonds. The van der Waals surface area contributed by atoms with Crippen LogP contribution < -0.4 is 27.4 Å². The standard InChI is InChI=1S/6C15H17N2/c2*1-4-15-16(3)10-14-13-6-5-11(2)9-12(13)7-8-17(14)15;2*1-4-15-16(3)10-14-13-9-11(2)5-6-12(13)7-8-17(14)15;1-4-15-16(3)10-14-13-7-5-6-11(2)12(13)8-9-17(14)15;1-4-14-16(3)10-13-15-11(2)6-5-7-12(15)8-9-17(13)14/h6*5-10H,4H2,1-3H3/q6*+1. The van der Waals surface area contributed by atoms with Gasteiger partial charge in [0.15, 0.2) is 33.1 Å². The van der Waals surface area contributed by atoms with Crippen LogP contribution in [0.3, 0.4) is 0 Å². The second kappa shape index (κ2) is 28.9. The minimum absolute atomic E-state index is 1.04. The maximum Gasteiger partial charge on any atom is 0.261 e. The molecule has 0 spiro atoms. The summed E-state index contributed by atoms with van der Waals surface area (Å²) >= 11 is 0. The second-order valence-corrected chi connectivity index (χ2v) is 27.9. The highest BCUT2D eigenvalue weighted by Gasteiger charge is 2.22. The molecule has 0 aliphatic carbocycles. The van der Waals surface area contributed by atoms with Crippen LogP contribution in [0.1, 0.15) is 110 Å². The van der Waals surface area contributed by atoms with Crippen molar-refractivity contribution in [2.45, 2.75) is 122 Å². The zero-order valence-electron chi connectivity index (χ0n) is 63.4. The van der Waals surface area contributed by atoms with Gasteiger partial charge in [0, 0.05) is 70.8 Å². The summed E-state index contributed by atoms with van der Waals surface area (Å²) in [7, 11) is 12.7. The van der Waals surface area contributed by atoms with E-state index in [1.54, 1.807) is 0 Å². The first-order valence-corrected chi connectivity index (χ1v) is 36.6. The molecular formula is C90H102N12+6. The minimum Gasteiger partial charge on any atom is -0.236 e. The van der Waals surface area contributed by atoms with Crippen LogP contribution in [0.25, 0.3) is 97.7 Å². The van der Waals surface area contributed by atoms with Crippen LogP contribution in [0.4, 0.5) is 0 Å². The Morgan fingerprint density at radius 1 is 0.235 bits per heavy atom. The third kappa shape index (κ3) is 12.9. The molecule has 0 unspecified atom stereocenters. The van der Waals surface area contributed by atoms with E-state index in [0.717, 1.165) is 38.5 Å². The molecule has 0 N–H and O–H groups in total. The Labute approximate surface area is 600 Å². The summed E-state index contributed by atoms with van der Waals surface area (Å²) in [6.07, 6.45) is 32.7. The Morgan fingerprint density at radius 2 is 0.529 bits per heavy atom. The lowest BCUT2D eigenvalue weighted by atomic mass is 10.1. The molecule has 0 saturated carbocycles. The van der Waals surface area contributed by atoms with Gasteiger partial charge in [-0.3, -0.25) is 0 Å². The highest BCUT2D eigenvalue weighted by Crippen LogP contribution is 2.29. The predicted octanol–water partition coefficient (Wildman–Crippen LogP) is 16.7. The number of aryl methyl sites for hydroxylation is 18. The van der Waals surface area contributed by atoms with Crippen molar-refractivity contribution in [1.82, 2.24) is 26.4 Å². The average molecular weight is 1350 g/mol. The summed E-state index contributed by atoms with van der Waals surface area (Å²) in [5.74, 6) is 8.02. The quantitative estimate of drug-likeness (QED) is 0.149. The van der Waals surface area contributed by atoms with E-state index in [9.17, 15) is 0 Å². The van der Waals surface area contributed by atoms with E-state index in [2.05, 4.69) is 399 Å². The van der Waals surface area contributed by atoms with Crippen molar-refractivity contribution in [3.05, 3.63) is 288 Å². The maximum atomic E-state index is 2.30. The molecule has 12 nitrogen and oxygen atoms in total. The van der Waals surface area contributed by atoms with Crippen LogP contribution >= 0.6 is 0 Å². The average Bonchev–Trinajstić information content (AvgIpc) is 1.60. The molecule has 102 heavy (non-hydrogen) atoms. The molecule has 12 aromatic heterocycles. The van der Waals surface area contributed by atoms with Crippen molar-refractivity contribution >= 4 is 97.7 Å². The van der Waals surface area contributed by atoms with Gasteiger partial charge in [-0.15, -0.1) is 0 Å².